The number of carbonyl (C=O) groups excluding carboxylic acids is 1. The second-order valence-electron chi connectivity index (χ2n) is 1.89. The summed E-state index contributed by atoms with van der Waals surface area (Å²) in [6.45, 7) is 0. The van der Waals surface area contributed by atoms with Gasteiger partial charge in [-0.25, -0.2) is 0 Å². The van der Waals surface area contributed by atoms with Crippen LogP contribution in [0, 0.1) is 0 Å². The van der Waals surface area contributed by atoms with Crippen LogP contribution in [-0.4, -0.2) is 6.41 Å². The lowest BCUT2D eigenvalue weighted by atomic mass is 10.3. The quantitative estimate of drug-likeness (QED) is 0.713. The van der Waals surface area contributed by atoms with Crippen molar-refractivity contribution in [1.29, 1.82) is 0 Å². The van der Waals surface area contributed by atoms with Crippen molar-refractivity contribution in [3.05, 3.63) is 28.2 Å². The molecular formula is C7H5Cl2NO. The molecule has 1 N–H and O–H groups in total. The molecule has 1 aromatic rings. The molecule has 0 aliphatic carbocycles. The van der Waals surface area contributed by atoms with Gasteiger partial charge in [0.1, 0.15) is 0 Å². The van der Waals surface area contributed by atoms with E-state index in [2.05, 4.69) is 5.32 Å². The lowest BCUT2D eigenvalue weighted by molar-refractivity contribution is -0.105. The Bertz CT molecular complexity index is 275. The average Bonchev–Trinajstić information content (AvgIpc) is 1.95. The van der Waals surface area contributed by atoms with Gasteiger partial charge in [-0.1, -0.05) is 23.2 Å². The molecule has 0 radical (unpaired) electrons. The van der Waals surface area contributed by atoms with Gasteiger partial charge in [-0.05, 0) is 18.2 Å². The first-order chi connectivity index (χ1) is 5.24. The van der Waals surface area contributed by atoms with Crippen molar-refractivity contribution in [3.8, 4) is 0 Å². The highest BCUT2D eigenvalue weighted by molar-refractivity contribution is 6.36. The van der Waals surface area contributed by atoms with Crippen molar-refractivity contribution in [1.82, 2.24) is 0 Å². The molecular weight excluding hydrogens is 185 g/mol. The lowest BCUT2D eigenvalue weighted by Gasteiger charge is -2.00. The average molecular weight is 190 g/mol. The molecule has 0 heterocycles. The monoisotopic (exact) mass is 189 g/mol. The maximum atomic E-state index is 10.0. The summed E-state index contributed by atoms with van der Waals surface area (Å²) in [5.74, 6) is 0. The minimum Gasteiger partial charge on any atom is -0.327 e. The van der Waals surface area contributed by atoms with E-state index in [0.29, 0.717) is 22.1 Å². The number of nitrogens with one attached hydrogen (secondary N) is 1. The third-order valence-electron chi connectivity index (χ3n) is 1.15. The molecule has 11 heavy (non-hydrogen) atoms. The van der Waals surface area contributed by atoms with Gasteiger partial charge in [0.15, 0.2) is 0 Å². The van der Waals surface area contributed by atoms with E-state index in [1.165, 1.54) is 0 Å². The highest BCUT2D eigenvalue weighted by atomic mass is 35.5. The maximum Gasteiger partial charge on any atom is 0.211 e. The predicted molar refractivity (Wildman–Crippen MR) is 46.1 cm³/mol. The van der Waals surface area contributed by atoms with Crippen molar-refractivity contribution in [2.75, 3.05) is 5.32 Å². The van der Waals surface area contributed by atoms with E-state index in [1.54, 1.807) is 18.2 Å². The predicted octanol–water partition coefficient (Wildman–Crippen LogP) is 2.56. The van der Waals surface area contributed by atoms with Gasteiger partial charge in [-0.2, -0.15) is 0 Å². The first-order valence-electron chi connectivity index (χ1n) is 2.89. The summed E-state index contributed by atoms with van der Waals surface area (Å²) in [6.07, 6.45) is 0.565. The summed E-state index contributed by atoms with van der Waals surface area (Å²) in [4.78, 5) is 10.0. The molecule has 0 aliphatic rings. The summed E-state index contributed by atoms with van der Waals surface area (Å²) in [7, 11) is 0. The lowest BCUT2D eigenvalue weighted by Crippen LogP contribution is -1.93. The molecule has 0 bridgehead atoms. The highest BCUT2D eigenvalue weighted by Gasteiger charge is 1.97. The Morgan fingerprint density at radius 2 is 2.09 bits per heavy atom. The Morgan fingerprint density at radius 3 is 2.64 bits per heavy atom. The third kappa shape index (κ3) is 2.10. The van der Waals surface area contributed by atoms with Crippen LogP contribution in [-0.2, 0) is 4.79 Å². The Balaban J connectivity index is 2.98. The van der Waals surface area contributed by atoms with Gasteiger partial charge in [-0.3, -0.25) is 4.79 Å². The molecule has 1 amide bonds. The largest absolute Gasteiger partial charge is 0.327 e. The smallest absolute Gasteiger partial charge is 0.211 e. The van der Waals surface area contributed by atoms with Crippen molar-refractivity contribution >= 4 is 35.3 Å². The molecule has 1 aromatic carbocycles. The number of anilines is 1. The van der Waals surface area contributed by atoms with Crippen LogP contribution in [0.25, 0.3) is 0 Å². The molecule has 0 aliphatic heterocycles. The second-order valence-corrected chi connectivity index (χ2v) is 2.73. The summed E-state index contributed by atoms with van der Waals surface area (Å²) in [5.41, 5.74) is 0.561. The Kier molecular flexibility index (Phi) is 2.74. The molecule has 0 atom stereocenters. The van der Waals surface area contributed by atoms with E-state index in [4.69, 9.17) is 23.2 Å². The van der Waals surface area contributed by atoms with Crippen LogP contribution in [0.3, 0.4) is 0 Å². The Morgan fingerprint density at radius 1 is 1.36 bits per heavy atom. The number of rotatable bonds is 2. The molecule has 0 saturated carbocycles. The van der Waals surface area contributed by atoms with E-state index >= 15 is 0 Å². The maximum absolute atomic E-state index is 10.0. The molecule has 0 fully saturated rings. The number of carbonyl (C=O) groups is 1. The van der Waals surface area contributed by atoms with Gasteiger partial charge in [0, 0.05) is 5.02 Å². The number of hydrogen-bond donors (Lipinski definition) is 1. The van der Waals surface area contributed by atoms with Crippen LogP contribution < -0.4 is 5.32 Å². The second kappa shape index (κ2) is 3.60. The number of halogens is 2. The number of benzene rings is 1. The van der Waals surface area contributed by atoms with E-state index in [-0.39, 0.29) is 0 Å². The van der Waals surface area contributed by atoms with E-state index in [0.717, 1.165) is 0 Å². The molecule has 2 nitrogen and oxygen atoms in total. The molecule has 0 unspecified atom stereocenters. The number of amides is 1. The molecule has 58 valence electrons. The fourth-order valence-electron chi connectivity index (χ4n) is 0.670. The van der Waals surface area contributed by atoms with Crippen LogP contribution in [0.4, 0.5) is 5.69 Å². The molecule has 0 spiro atoms. The van der Waals surface area contributed by atoms with Gasteiger partial charge >= 0.3 is 0 Å². The standard InChI is InChI=1S/C7H5Cl2NO/c8-5-1-2-7(10-4-11)6(9)3-5/h1-4H,(H,10,11). The van der Waals surface area contributed by atoms with Gasteiger partial charge in [0.2, 0.25) is 6.41 Å². The highest BCUT2D eigenvalue weighted by Crippen LogP contribution is 2.24. The zero-order chi connectivity index (χ0) is 8.27. The van der Waals surface area contributed by atoms with Crippen molar-refractivity contribution in [2.45, 2.75) is 0 Å². The summed E-state index contributed by atoms with van der Waals surface area (Å²) in [6, 6.07) is 4.85. The fourth-order valence-corrected chi connectivity index (χ4v) is 1.13. The van der Waals surface area contributed by atoms with Crippen LogP contribution in [0.1, 0.15) is 0 Å². The zero-order valence-corrected chi connectivity index (χ0v) is 6.99. The zero-order valence-electron chi connectivity index (χ0n) is 5.47. The number of hydrogen-bond acceptors (Lipinski definition) is 1. The normalized spacial score (nSPS) is 9.27. The molecule has 1 rings (SSSR count). The minimum atomic E-state index is 0.435. The van der Waals surface area contributed by atoms with Crippen LogP contribution in [0.15, 0.2) is 18.2 Å². The van der Waals surface area contributed by atoms with Crippen molar-refractivity contribution < 1.29 is 4.79 Å². The first-order valence-corrected chi connectivity index (χ1v) is 3.65. The van der Waals surface area contributed by atoms with Crippen LogP contribution >= 0.6 is 23.2 Å². The van der Waals surface area contributed by atoms with Crippen LogP contribution in [0.2, 0.25) is 10.0 Å². The summed E-state index contributed by atoms with van der Waals surface area (Å²) < 4.78 is 0. The van der Waals surface area contributed by atoms with Crippen molar-refractivity contribution in [2.24, 2.45) is 0 Å². The molecule has 0 saturated heterocycles. The minimum absolute atomic E-state index is 0.435. The Labute approximate surface area is 74.1 Å². The molecule has 4 heteroatoms. The van der Waals surface area contributed by atoms with Crippen molar-refractivity contribution in [3.63, 3.8) is 0 Å². The van der Waals surface area contributed by atoms with Crippen LogP contribution in [0.5, 0.6) is 0 Å². The van der Waals surface area contributed by atoms with Gasteiger partial charge in [0.05, 0.1) is 10.7 Å². The summed E-state index contributed by atoms with van der Waals surface area (Å²) >= 11 is 11.3. The third-order valence-corrected chi connectivity index (χ3v) is 1.69. The fraction of sp³-hybridized carbons (Fsp3) is 0. The Hall–Kier alpha value is -0.730. The summed E-state index contributed by atoms with van der Waals surface area (Å²) in [5, 5.41) is 3.41. The first kappa shape index (κ1) is 8.37. The van der Waals surface area contributed by atoms with Gasteiger partial charge in [-0.15, -0.1) is 0 Å². The van der Waals surface area contributed by atoms with E-state index < -0.39 is 0 Å². The van der Waals surface area contributed by atoms with Gasteiger partial charge in [0.25, 0.3) is 0 Å². The van der Waals surface area contributed by atoms with E-state index in [9.17, 15) is 4.79 Å². The topological polar surface area (TPSA) is 29.1 Å². The van der Waals surface area contributed by atoms with Gasteiger partial charge < -0.3 is 5.32 Å². The molecule has 0 aromatic heterocycles. The SMILES string of the molecule is O=CNc1ccc(Cl)cc1Cl. The van der Waals surface area contributed by atoms with E-state index in [1.807, 2.05) is 0 Å².